The fraction of sp³-hybridized carbons (Fsp3) is 0.450. The fourth-order valence-electron chi connectivity index (χ4n) is 3.04. The van der Waals surface area contributed by atoms with Crippen LogP contribution in [0.2, 0.25) is 0 Å². The molecule has 1 aromatic heterocycles. The minimum absolute atomic E-state index is 0.102. The lowest BCUT2D eigenvalue weighted by molar-refractivity contribution is -0.122. The van der Waals surface area contributed by atoms with Crippen LogP contribution in [0.15, 0.2) is 28.8 Å². The van der Waals surface area contributed by atoms with Gasteiger partial charge < -0.3 is 19.5 Å². The molecule has 27 heavy (non-hydrogen) atoms. The molecule has 1 unspecified atom stereocenters. The molecule has 1 saturated heterocycles. The highest BCUT2D eigenvalue weighted by Gasteiger charge is 2.36. The third-order valence-corrected chi connectivity index (χ3v) is 4.62. The molecule has 1 N–H and O–H groups in total. The summed E-state index contributed by atoms with van der Waals surface area (Å²) in [4.78, 5) is 26.7. The van der Waals surface area contributed by atoms with E-state index in [-0.39, 0.29) is 23.7 Å². The largest absolute Gasteiger partial charge is 0.495 e. The Morgan fingerprint density at radius 2 is 2.07 bits per heavy atom. The molecule has 2 amide bonds. The van der Waals surface area contributed by atoms with Gasteiger partial charge in [-0.15, -0.1) is 0 Å². The molecule has 1 atom stereocenters. The maximum Gasteiger partial charge on any atom is 0.231 e. The van der Waals surface area contributed by atoms with Gasteiger partial charge in [-0.3, -0.25) is 9.59 Å². The van der Waals surface area contributed by atoms with Crippen LogP contribution in [0, 0.1) is 12.8 Å². The Morgan fingerprint density at radius 3 is 2.70 bits per heavy atom. The summed E-state index contributed by atoms with van der Waals surface area (Å²) < 4.78 is 10.7. The number of aromatic nitrogens is 1. The van der Waals surface area contributed by atoms with Crippen LogP contribution in [-0.4, -0.2) is 30.6 Å². The quantitative estimate of drug-likeness (QED) is 0.891. The second-order valence-corrected chi connectivity index (χ2v) is 7.90. The van der Waals surface area contributed by atoms with Crippen LogP contribution in [0.5, 0.6) is 5.75 Å². The molecule has 7 nitrogen and oxygen atoms in total. The molecule has 0 aliphatic carbocycles. The molecule has 3 rings (SSSR count). The van der Waals surface area contributed by atoms with Gasteiger partial charge in [0.1, 0.15) is 11.5 Å². The zero-order valence-electron chi connectivity index (χ0n) is 16.3. The monoisotopic (exact) mass is 371 g/mol. The Balaban J connectivity index is 1.73. The first-order chi connectivity index (χ1) is 12.7. The van der Waals surface area contributed by atoms with Crippen LogP contribution < -0.4 is 15.0 Å². The molecular formula is C20H25N3O4. The number of methoxy groups -OCH3 is 1. The SMILES string of the molecule is COc1ccc(C)cc1N1CC(C(=O)Nc2cc(C(C)(C)C)on2)CC1=O. The minimum atomic E-state index is -0.461. The standard InChI is InChI=1S/C20H25N3O4/c1-12-6-7-15(26-5)14(8-12)23-11-13(9-18(23)24)19(25)21-17-10-16(27-22-17)20(2,3)4/h6-8,10,13H,9,11H2,1-5H3,(H,21,22,25). The number of carbonyl (C=O) groups excluding carboxylic acids is 2. The van der Waals surface area contributed by atoms with Crippen molar-refractivity contribution in [2.75, 3.05) is 23.9 Å². The lowest BCUT2D eigenvalue weighted by Crippen LogP contribution is -2.28. The summed E-state index contributed by atoms with van der Waals surface area (Å²) in [6, 6.07) is 7.36. The molecule has 0 bridgehead atoms. The number of amides is 2. The number of hydrogen-bond acceptors (Lipinski definition) is 5. The number of ether oxygens (including phenoxy) is 1. The van der Waals surface area contributed by atoms with Crippen molar-refractivity contribution < 1.29 is 18.8 Å². The smallest absolute Gasteiger partial charge is 0.231 e. The van der Waals surface area contributed by atoms with Gasteiger partial charge in [-0.25, -0.2) is 0 Å². The van der Waals surface area contributed by atoms with Gasteiger partial charge in [-0.05, 0) is 24.6 Å². The molecule has 7 heteroatoms. The summed E-state index contributed by atoms with van der Waals surface area (Å²) in [5.41, 5.74) is 1.51. The summed E-state index contributed by atoms with van der Waals surface area (Å²) >= 11 is 0. The van der Waals surface area contributed by atoms with Crippen LogP contribution in [-0.2, 0) is 15.0 Å². The van der Waals surface area contributed by atoms with Gasteiger partial charge in [0, 0.05) is 24.4 Å². The van der Waals surface area contributed by atoms with Crippen molar-refractivity contribution in [1.29, 1.82) is 0 Å². The first-order valence-corrected chi connectivity index (χ1v) is 8.92. The molecule has 144 valence electrons. The predicted octanol–water partition coefficient (Wildman–Crippen LogP) is 3.28. The fourth-order valence-corrected chi connectivity index (χ4v) is 3.04. The number of carbonyl (C=O) groups is 2. The van der Waals surface area contributed by atoms with Crippen LogP contribution in [0.4, 0.5) is 11.5 Å². The van der Waals surface area contributed by atoms with Gasteiger partial charge >= 0.3 is 0 Å². The van der Waals surface area contributed by atoms with Crippen molar-refractivity contribution in [3.8, 4) is 5.75 Å². The van der Waals surface area contributed by atoms with Crippen LogP contribution in [0.25, 0.3) is 0 Å². The molecule has 0 radical (unpaired) electrons. The van der Waals surface area contributed by atoms with E-state index in [1.807, 2.05) is 45.9 Å². The third-order valence-electron chi connectivity index (χ3n) is 4.62. The van der Waals surface area contributed by atoms with E-state index < -0.39 is 5.92 Å². The van der Waals surface area contributed by atoms with E-state index in [9.17, 15) is 9.59 Å². The number of nitrogens with one attached hydrogen (secondary N) is 1. The third kappa shape index (κ3) is 3.97. The Labute approximate surface area is 158 Å². The first kappa shape index (κ1) is 18.9. The Kier molecular flexibility index (Phi) is 4.95. The van der Waals surface area contributed by atoms with E-state index in [1.165, 1.54) is 0 Å². The number of rotatable bonds is 4. The first-order valence-electron chi connectivity index (χ1n) is 8.92. The summed E-state index contributed by atoms with van der Waals surface area (Å²) in [5.74, 6) is 0.857. The van der Waals surface area contributed by atoms with Crippen molar-refractivity contribution in [2.45, 2.75) is 39.5 Å². The number of benzene rings is 1. The van der Waals surface area contributed by atoms with Crippen molar-refractivity contribution >= 4 is 23.3 Å². The second-order valence-electron chi connectivity index (χ2n) is 7.90. The van der Waals surface area contributed by atoms with Crippen molar-refractivity contribution in [2.24, 2.45) is 5.92 Å². The van der Waals surface area contributed by atoms with E-state index in [0.29, 0.717) is 29.6 Å². The van der Waals surface area contributed by atoms with Gasteiger partial charge in [0.05, 0.1) is 18.7 Å². The van der Waals surface area contributed by atoms with Crippen LogP contribution in [0.3, 0.4) is 0 Å². The lowest BCUT2D eigenvalue weighted by atomic mass is 9.93. The molecule has 1 aliphatic rings. The van der Waals surface area contributed by atoms with Crippen molar-refractivity contribution in [3.05, 3.63) is 35.6 Å². The molecule has 1 aromatic carbocycles. The van der Waals surface area contributed by atoms with Crippen molar-refractivity contribution in [3.63, 3.8) is 0 Å². The highest BCUT2D eigenvalue weighted by molar-refractivity contribution is 6.04. The Morgan fingerprint density at radius 1 is 1.33 bits per heavy atom. The number of aryl methyl sites for hydroxylation is 1. The summed E-state index contributed by atoms with van der Waals surface area (Å²) in [5, 5.41) is 6.66. The highest BCUT2D eigenvalue weighted by atomic mass is 16.5. The van der Waals surface area contributed by atoms with Crippen LogP contribution >= 0.6 is 0 Å². The van der Waals surface area contributed by atoms with E-state index in [0.717, 1.165) is 5.56 Å². The summed E-state index contributed by atoms with van der Waals surface area (Å²) in [6.45, 7) is 8.26. The van der Waals surface area contributed by atoms with E-state index in [4.69, 9.17) is 9.26 Å². The number of nitrogens with zero attached hydrogens (tertiary/aromatic N) is 2. The minimum Gasteiger partial charge on any atom is -0.495 e. The lowest BCUT2D eigenvalue weighted by Gasteiger charge is -2.20. The molecule has 0 saturated carbocycles. The number of anilines is 2. The number of hydrogen-bond donors (Lipinski definition) is 1. The average Bonchev–Trinajstić information content (AvgIpc) is 3.21. The topological polar surface area (TPSA) is 84.7 Å². The van der Waals surface area contributed by atoms with Gasteiger partial charge in [-0.1, -0.05) is 32.0 Å². The normalized spacial score (nSPS) is 17.3. The zero-order valence-corrected chi connectivity index (χ0v) is 16.3. The average molecular weight is 371 g/mol. The Bertz CT molecular complexity index is 866. The maximum absolute atomic E-state index is 12.6. The summed E-state index contributed by atoms with van der Waals surface area (Å²) in [6.07, 6.45) is 0.146. The molecular weight excluding hydrogens is 346 g/mol. The Hall–Kier alpha value is -2.83. The van der Waals surface area contributed by atoms with E-state index in [1.54, 1.807) is 18.1 Å². The highest BCUT2D eigenvalue weighted by Crippen LogP contribution is 2.34. The van der Waals surface area contributed by atoms with Gasteiger partial charge in [-0.2, -0.15) is 0 Å². The van der Waals surface area contributed by atoms with Crippen molar-refractivity contribution in [1.82, 2.24) is 5.16 Å². The zero-order chi connectivity index (χ0) is 19.8. The molecule has 2 aromatic rings. The van der Waals surface area contributed by atoms with Gasteiger partial charge in [0.25, 0.3) is 0 Å². The van der Waals surface area contributed by atoms with Gasteiger partial charge in [0.2, 0.25) is 11.8 Å². The molecule has 0 spiro atoms. The second kappa shape index (κ2) is 7.06. The summed E-state index contributed by atoms with van der Waals surface area (Å²) in [7, 11) is 1.57. The maximum atomic E-state index is 12.6. The van der Waals surface area contributed by atoms with E-state index >= 15 is 0 Å². The predicted molar refractivity (Wildman–Crippen MR) is 102 cm³/mol. The van der Waals surface area contributed by atoms with Gasteiger partial charge in [0.15, 0.2) is 5.82 Å². The molecule has 2 heterocycles. The van der Waals surface area contributed by atoms with E-state index in [2.05, 4.69) is 10.5 Å². The molecule has 1 aliphatic heterocycles. The van der Waals surface area contributed by atoms with Crippen LogP contribution in [0.1, 0.15) is 38.5 Å². The molecule has 1 fully saturated rings.